The molecule has 4 aliphatic heterocycles. The highest BCUT2D eigenvalue weighted by atomic mass is 35.5. The number of halogens is 4. The smallest absolute Gasteiger partial charge is 0.380 e. The Morgan fingerprint density at radius 1 is 0.739 bits per heavy atom. The molecule has 5 aliphatic rings. The lowest BCUT2D eigenvalue weighted by Crippen LogP contribution is -2.57. The van der Waals surface area contributed by atoms with Crippen LogP contribution in [0.4, 0.5) is 24.5 Å². The van der Waals surface area contributed by atoms with Gasteiger partial charge in [0.15, 0.2) is 0 Å². The lowest BCUT2D eigenvalue weighted by molar-refractivity contribution is -0.144. The molecule has 111 heavy (non-hydrogen) atoms. The summed E-state index contributed by atoms with van der Waals surface area (Å²) in [5, 5.41) is 9.96. The molecule has 5 aromatic carbocycles. The maximum absolute atomic E-state index is 14.4. The van der Waals surface area contributed by atoms with Crippen molar-refractivity contribution in [3.63, 3.8) is 0 Å². The van der Waals surface area contributed by atoms with E-state index in [-0.39, 0.29) is 34.7 Å². The topological polar surface area (TPSA) is 226 Å². The van der Waals surface area contributed by atoms with E-state index in [1.165, 1.54) is 40.6 Å². The van der Waals surface area contributed by atoms with Gasteiger partial charge in [0.2, 0.25) is 17.7 Å². The van der Waals surface area contributed by atoms with Gasteiger partial charge in [0.25, 0.3) is 25.8 Å². The van der Waals surface area contributed by atoms with Crippen LogP contribution in [0.5, 0.6) is 0 Å². The number of aryl methyl sites for hydroxylation is 1. The second-order valence-corrected chi connectivity index (χ2v) is 37.8. The number of hydrogen-bond acceptors (Lipinski definition) is 18. The van der Waals surface area contributed by atoms with Crippen LogP contribution in [-0.4, -0.2) is 211 Å². The van der Waals surface area contributed by atoms with Crippen LogP contribution in [0.2, 0.25) is 5.02 Å². The van der Waals surface area contributed by atoms with Crippen molar-refractivity contribution in [1.29, 1.82) is 0 Å². The fourth-order valence-electron chi connectivity index (χ4n) is 15.8. The molecule has 1 aliphatic carbocycles. The van der Waals surface area contributed by atoms with E-state index in [1.807, 2.05) is 99.4 Å². The number of nitrogens with zero attached hydrogens (tertiary/aromatic N) is 7. The van der Waals surface area contributed by atoms with Crippen LogP contribution < -0.4 is 25.6 Å². The normalized spacial score (nSPS) is 19.7. The fraction of sp³-hybridized carbons (Fsp3) is 0.530. The molecule has 6 aromatic rings. The van der Waals surface area contributed by atoms with Crippen molar-refractivity contribution in [1.82, 2.24) is 44.8 Å². The highest BCUT2D eigenvalue weighted by Crippen LogP contribution is 2.45. The predicted molar refractivity (Wildman–Crippen MR) is 436 cm³/mol. The summed E-state index contributed by atoms with van der Waals surface area (Å²) in [4.78, 5) is 73.2. The summed E-state index contributed by atoms with van der Waals surface area (Å²) in [5.74, 6) is -1.21. The zero-order valence-corrected chi connectivity index (χ0v) is 68.8. The van der Waals surface area contributed by atoms with E-state index >= 15 is 0 Å². The van der Waals surface area contributed by atoms with Gasteiger partial charge in [-0.25, -0.2) is 26.5 Å². The molecular weight excluding hydrogens is 1520 g/mol. The largest absolute Gasteiger partial charge is 0.501 e. The SMILES string of the molecule is Cc1ncsc1-c1ccc([C@H](C)NC(=O)[C@@H]2CCCN2C(=O)[C@@H](NC(=O)CCCCCCCCN2CCN(CC3(C)CCC(c4ccc(Cl)cc4)=C(CN4CCN(c5ccc(C(=O)NS(=O)(=O)c6ccc(N[C@H](CCN7CCOCC7)CSc7ccccc7)c(S(=O)(=O)C(F)(F)F)c6)cc5)CC4)C3)CC2)C(C)(C)C)cc1. The van der Waals surface area contributed by atoms with Gasteiger partial charge in [-0.15, -0.1) is 23.1 Å². The first-order valence-electron chi connectivity index (χ1n) is 39.2. The number of anilines is 2. The summed E-state index contributed by atoms with van der Waals surface area (Å²) in [7, 11) is -11.0. The molecule has 20 nitrogen and oxygen atoms in total. The number of nitrogens with one attached hydrogen (secondary N) is 4. The first kappa shape index (κ1) is 85.0. The minimum absolute atomic E-state index is 0.0180. The minimum atomic E-state index is -6.10. The van der Waals surface area contributed by atoms with Crippen molar-refractivity contribution in [2.45, 2.75) is 169 Å². The van der Waals surface area contributed by atoms with Gasteiger partial charge in [0, 0.05) is 131 Å². The summed E-state index contributed by atoms with van der Waals surface area (Å²) >= 11 is 9.46. The van der Waals surface area contributed by atoms with Gasteiger partial charge in [-0.3, -0.25) is 29.0 Å². The number of aromatic nitrogens is 1. The van der Waals surface area contributed by atoms with E-state index in [1.54, 1.807) is 28.4 Å². The summed E-state index contributed by atoms with van der Waals surface area (Å²) in [6, 6.07) is 32.5. The molecule has 1 unspecified atom stereocenters. The van der Waals surface area contributed by atoms with Crippen molar-refractivity contribution >= 4 is 95.1 Å². The Hall–Kier alpha value is -6.92. The Bertz CT molecular complexity index is 4380. The van der Waals surface area contributed by atoms with Crippen LogP contribution in [-0.2, 0) is 39.0 Å². The van der Waals surface area contributed by atoms with Crippen LogP contribution in [0, 0.1) is 17.8 Å². The number of likely N-dealkylation sites (tertiary alicyclic amines) is 1. The van der Waals surface area contributed by atoms with Gasteiger partial charge in [0.05, 0.1) is 45.9 Å². The van der Waals surface area contributed by atoms with Crippen molar-refractivity contribution in [2.75, 3.05) is 127 Å². The Balaban J connectivity index is 0.603. The molecule has 0 spiro atoms. The molecule has 11 rings (SSSR count). The number of thiazole rings is 1. The van der Waals surface area contributed by atoms with E-state index in [4.69, 9.17) is 16.3 Å². The Labute approximate surface area is 667 Å². The molecule has 4 amide bonds. The Morgan fingerprint density at radius 3 is 2.05 bits per heavy atom. The average Bonchev–Trinajstić information content (AvgIpc) is 1.38. The van der Waals surface area contributed by atoms with Crippen LogP contribution in [0.1, 0.15) is 151 Å². The number of sulfone groups is 1. The number of benzene rings is 5. The number of alkyl halides is 3. The first-order valence-corrected chi connectivity index (χ1v) is 44.4. The molecular formula is C83H109ClF3N11O9S4. The fourth-order valence-corrected chi connectivity index (χ4v) is 19.8. The molecule has 4 N–H and O–H groups in total. The van der Waals surface area contributed by atoms with Crippen molar-refractivity contribution in [3.8, 4) is 10.4 Å². The monoisotopic (exact) mass is 1620 g/mol. The highest BCUT2D eigenvalue weighted by Gasteiger charge is 2.49. The number of piperazine rings is 2. The second-order valence-electron chi connectivity index (χ2n) is 31.8. The third-order valence-corrected chi connectivity index (χ3v) is 27.5. The number of morpholine rings is 1. The third kappa shape index (κ3) is 23.2. The quantitative estimate of drug-likeness (QED) is 0.0222. The van der Waals surface area contributed by atoms with E-state index in [0.717, 1.165) is 168 Å². The number of carbonyl (C=O) groups is 4. The number of amides is 4. The number of allylic oxidation sites excluding steroid dienone is 1. The molecule has 5 atom stereocenters. The molecule has 0 saturated carbocycles. The van der Waals surface area contributed by atoms with Crippen molar-refractivity contribution in [3.05, 3.63) is 160 Å². The van der Waals surface area contributed by atoms with Gasteiger partial charge in [-0.05, 0) is 172 Å². The Morgan fingerprint density at radius 2 is 1.39 bits per heavy atom. The molecule has 5 heterocycles. The molecule has 602 valence electrons. The lowest BCUT2D eigenvalue weighted by Gasteiger charge is -2.44. The van der Waals surface area contributed by atoms with Crippen LogP contribution >= 0.6 is 34.7 Å². The van der Waals surface area contributed by atoms with Crippen LogP contribution in [0.25, 0.3) is 16.0 Å². The zero-order valence-electron chi connectivity index (χ0n) is 64.8. The zero-order chi connectivity index (χ0) is 79.1. The molecule has 0 radical (unpaired) electrons. The van der Waals surface area contributed by atoms with E-state index in [0.29, 0.717) is 88.6 Å². The first-order chi connectivity index (χ1) is 53.0. The maximum Gasteiger partial charge on any atom is 0.501 e. The number of rotatable bonds is 33. The van der Waals surface area contributed by atoms with E-state index in [9.17, 15) is 49.2 Å². The van der Waals surface area contributed by atoms with Crippen molar-refractivity contribution < 1.29 is 53.9 Å². The predicted octanol–water partition coefficient (Wildman–Crippen LogP) is 14.0. The van der Waals surface area contributed by atoms with Gasteiger partial charge in [-0.1, -0.05) is 125 Å². The second kappa shape index (κ2) is 38.5. The number of hydrogen-bond donors (Lipinski definition) is 4. The molecule has 28 heteroatoms. The third-order valence-electron chi connectivity index (χ3n) is 22.3. The molecule has 4 fully saturated rings. The molecule has 4 saturated heterocycles. The highest BCUT2D eigenvalue weighted by molar-refractivity contribution is 7.99. The number of thioether (sulfide) groups is 1. The van der Waals surface area contributed by atoms with Gasteiger partial charge in [0.1, 0.15) is 17.0 Å². The number of sulfonamides is 1. The summed E-state index contributed by atoms with van der Waals surface area (Å²) in [6.07, 6.45) is 11.2. The van der Waals surface area contributed by atoms with Gasteiger partial charge < -0.3 is 40.3 Å². The molecule has 0 bridgehead atoms. The van der Waals surface area contributed by atoms with Crippen molar-refractivity contribution in [2.24, 2.45) is 10.8 Å². The summed E-state index contributed by atoms with van der Waals surface area (Å²) in [6.45, 7) is 25.7. The lowest BCUT2D eigenvalue weighted by atomic mass is 9.71. The average molecular weight is 1630 g/mol. The van der Waals surface area contributed by atoms with Gasteiger partial charge in [-0.2, -0.15) is 13.2 Å². The van der Waals surface area contributed by atoms with E-state index < -0.39 is 70.3 Å². The van der Waals surface area contributed by atoms with E-state index in [2.05, 4.69) is 76.6 Å². The van der Waals surface area contributed by atoms with Gasteiger partial charge >= 0.3 is 5.51 Å². The number of unbranched alkanes of at least 4 members (excludes halogenated alkanes) is 5. The Kier molecular flexibility index (Phi) is 29.5. The number of ether oxygens (including phenoxy) is 1. The van der Waals surface area contributed by atoms with Crippen LogP contribution in [0.15, 0.2) is 147 Å². The summed E-state index contributed by atoms with van der Waals surface area (Å²) < 4.78 is 105. The molecule has 1 aromatic heterocycles. The minimum Gasteiger partial charge on any atom is -0.380 e. The van der Waals surface area contributed by atoms with Crippen LogP contribution in [0.3, 0.4) is 0 Å². The standard InChI is InChI=1S/C83H109ClF3N11O9S4/c1-59(61-21-23-63(24-22-61)76-60(2)88-58-109-76)89-79(101)73-19-16-39-98(73)80(102)77(81(3,4)5)91-75(99)20-14-9-7-8-10-15-38-93-41-43-96(44-42-93)57-82(6)37-35-71(62-25-29-66(84)30-26-62)65(54-82)55-95-45-47-97(48-46-95)68-31-27-64(28-32-68)78(100)92-111(105,106)70-33-34-72(74(53-70)110(103,104)83(85,86)87)90-67(36-40-94-49-51-107-52-50-94)56-108-69-17-12-11-13-18-69/h11-13,17-18,21-34,53,58-59,67,73,77,90H,7-10,14-16,19-20,35-52,54-57H2,1-6H3,(H,89,101)(H,91,99)(H,92,100)/t59-,67+,73-,77+,82?/m0/s1. The summed E-state index contributed by atoms with van der Waals surface area (Å²) in [5.41, 5.74) is 3.07. The maximum atomic E-state index is 14.4. The number of carbonyl (C=O) groups excluding carboxylic acids is 4.